The Bertz CT molecular complexity index is 704. The van der Waals surface area contributed by atoms with Crippen LogP contribution in [0.4, 0.5) is 0 Å². The van der Waals surface area contributed by atoms with Crippen molar-refractivity contribution in [2.45, 2.75) is 18.9 Å². The molecule has 1 aliphatic rings. The molecular formula is C15H20BrNO5S. The van der Waals surface area contributed by atoms with Gasteiger partial charge in [0.2, 0.25) is 5.91 Å². The Balaban J connectivity index is 2.14. The Kier molecular flexibility index (Phi) is 5.57. The number of likely N-dealkylation sites (N-methyl/N-ethyl adjacent to an activating group) is 1. The highest BCUT2D eigenvalue weighted by Gasteiger charge is 2.32. The molecule has 0 saturated carbocycles. The van der Waals surface area contributed by atoms with E-state index in [1.165, 1.54) is 12.0 Å². The highest BCUT2D eigenvalue weighted by molar-refractivity contribution is 9.10. The van der Waals surface area contributed by atoms with Crippen molar-refractivity contribution < 1.29 is 22.7 Å². The molecule has 1 aliphatic heterocycles. The van der Waals surface area contributed by atoms with Gasteiger partial charge in [0, 0.05) is 17.6 Å². The smallest absolute Gasteiger partial charge is 0.227 e. The third kappa shape index (κ3) is 4.17. The lowest BCUT2D eigenvalue weighted by Gasteiger charge is -2.24. The molecule has 0 aliphatic carbocycles. The van der Waals surface area contributed by atoms with E-state index in [4.69, 9.17) is 9.47 Å². The minimum absolute atomic E-state index is 0.0440. The number of hydrogen-bond acceptors (Lipinski definition) is 5. The highest BCUT2D eigenvalue weighted by atomic mass is 79.9. The monoisotopic (exact) mass is 405 g/mol. The van der Waals surface area contributed by atoms with Gasteiger partial charge in [0.25, 0.3) is 0 Å². The lowest BCUT2D eigenvalue weighted by molar-refractivity contribution is -0.130. The minimum atomic E-state index is -3.01. The average Bonchev–Trinajstić information content (AvgIpc) is 2.87. The first-order chi connectivity index (χ1) is 10.8. The van der Waals surface area contributed by atoms with Gasteiger partial charge in [-0.15, -0.1) is 0 Å². The Hall–Kier alpha value is -1.28. The average molecular weight is 406 g/mol. The molecule has 0 radical (unpaired) electrons. The number of hydrogen-bond donors (Lipinski definition) is 0. The van der Waals surface area contributed by atoms with Crippen molar-refractivity contribution in [3.05, 3.63) is 22.2 Å². The van der Waals surface area contributed by atoms with E-state index in [2.05, 4.69) is 15.9 Å². The summed E-state index contributed by atoms with van der Waals surface area (Å²) in [4.78, 5) is 14.0. The van der Waals surface area contributed by atoms with E-state index in [0.717, 1.165) is 10.0 Å². The Morgan fingerprint density at radius 3 is 2.43 bits per heavy atom. The number of ether oxygens (including phenoxy) is 2. The molecule has 6 nitrogen and oxygen atoms in total. The molecule has 1 fully saturated rings. The summed E-state index contributed by atoms with van der Waals surface area (Å²) in [6.07, 6.45) is 0.658. The van der Waals surface area contributed by atoms with Crippen molar-refractivity contribution in [2.24, 2.45) is 0 Å². The summed E-state index contributed by atoms with van der Waals surface area (Å²) in [5.41, 5.74) is 0.764. The maximum Gasteiger partial charge on any atom is 0.227 e. The Morgan fingerprint density at radius 1 is 1.30 bits per heavy atom. The SMILES string of the molecule is COc1cc(Br)c(CC(=O)N(C)[C@@H]2CCS(=O)(=O)C2)cc1OC. The molecule has 1 aromatic carbocycles. The molecular weight excluding hydrogens is 386 g/mol. The van der Waals surface area contributed by atoms with Gasteiger partial charge in [0.1, 0.15) is 0 Å². The zero-order chi connectivity index (χ0) is 17.2. The van der Waals surface area contributed by atoms with Crippen LogP contribution in [-0.4, -0.2) is 58.0 Å². The predicted octanol–water partition coefficient (Wildman–Crippen LogP) is 1.65. The molecule has 0 aromatic heterocycles. The Morgan fingerprint density at radius 2 is 1.91 bits per heavy atom. The first kappa shape index (κ1) is 18.1. The molecule has 23 heavy (non-hydrogen) atoms. The number of benzene rings is 1. The van der Waals surface area contributed by atoms with Gasteiger partial charge in [0.15, 0.2) is 21.3 Å². The summed E-state index contributed by atoms with van der Waals surface area (Å²) < 4.78 is 34.3. The lowest BCUT2D eigenvalue weighted by Crippen LogP contribution is -2.38. The largest absolute Gasteiger partial charge is 0.493 e. The minimum Gasteiger partial charge on any atom is -0.493 e. The molecule has 2 rings (SSSR count). The molecule has 128 valence electrons. The van der Waals surface area contributed by atoms with Crippen molar-refractivity contribution in [1.82, 2.24) is 4.90 Å². The molecule has 0 bridgehead atoms. The maximum absolute atomic E-state index is 12.5. The van der Waals surface area contributed by atoms with Crippen LogP contribution >= 0.6 is 15.9 Å². The quantitative estimate of drug-likeness (QED) is 0.744. The van der Waals surface area contributed by atoms with Gasteiger partial charge in [-0.1, -0.05) is 15.9 Å². The zero-order valence-electron chi connectivity index (χ0n) is 13.3. The molecule has 1 saturated heterocycles. The highest BCUT2D eigenvalue weighted by Crippen LogP contribution is 2.33. The second-order valence-corrected chi connectivity index (χ2v) is 8.62. The number of nitrogens with zero attached hydrogens (tertiary/aromatic N) is 1. The van der Waals surface area contributed by atoms with Gasteiger partial charge in [-0.3, -0.25) is 4.79 Å². The van der Waals surface area contributed by atoms with Gasteiger partial charge in [-0.2, -0.15) is 0 Å². The molecule has 1 heterocycles. The molecule has 8 heteroatoms. The number of carbonyl (C=O) groups is 1. The molecule has 0 N–H and O–H groups in total. The van der Waals surface area contributed by atoms with Crippen molar-refractivity contribution >= 4 is 31.7 Å². The summed E-state index contributed by atoms with van der Waals surface area (Å²) in [5.74, 6) is 1.19. The summed E-state index contributed by atoms with van der Waals surface area (Å²) in [5, 5.41) is 0. The summed E-state index contributed by atoms with van der Waals surface area (Å²) >= 11 is 3.43. The Labute approximate surface area is 144 Å². The van der Waals surface area contributed by atoms with Crippen molar-refractivity contribution in [2.75, 3.05) is 32.8 Å². The fourth-order valence-electron chi connectivity index (χ4n) is 2.60. The van der Waals surface area contributed by atoms with E-state index in [-0.39, 0.29) is 29.9 Å². The molecule has 0 unspecified atom stereocenters. The standard InChI is InChI=1S/C15H20BrNO5S/c1-17(11-4-5-23(19,20)9-11)15(18)7-10-6-13(21-2)14(22-3)8-12(10)16/h6,8,11H,4-5,7,9H2,1-3H3/t11-/m1/s1. The second kappa shape index (κ2) is 7.09. The number of halogens is 1. The van der Waals surface area contributed by atoms with Gasteiger partial charge >= 0.3 is 0 Å². The normalized spacial score (nSPS) is 19.4. The first-order valence-electron chi connectivity index (χ1n) is 7.14. The van der Waals surface area contributed by atoms with E-state index in [1.54, 1.807) is 26.3 Å². The van der Waals surface area contributed by atoms with E-state index in [0.29, 0.717) is 17.9 Å². The number of amides is 1. The van der Waals surface area contributed by atoms with E-state index >= 15 is 0 Å². The third-order valence-corrected chi connectivity index (χ3v) is 6.53. The van der Waals surface area contributed by atoms with E-state index in [9.17, 15) is 13.2 Å². The predicted molar refractivity (Wildman–Crippen MR) is 90.8 cm³/mol. The van der Waals surface area contributed by atoms with Crippen LogP contribution in [0, 0.1) is 0 Å². The fraction of sp³-hybridized carbons (Fsp3) is 0.533. The van der Waals surface area contributed by atoms with Crippen LogP contribution in [0.5, 0.6) is 11.5 Å². The summed E-state index contributed by atoms with van der Waals surface area (Å²) in [6, 6.07) is 3.26. The van der Waals surface area contributed by atoms with Gasteiger partial charge < -0.3 is 14.4 Å². The van der Waals surface area contributed by atoms with Gasteiger partial charge in [-0.25, -0.2) is 8.42 Å². The molecule has 1 amide bonds. The van der Waals surface area contributed by atoms with Crippen LogP contribution in [-0.2, 0) is 21.1 Å². The number of carbonyl (C=O) groups excluding carboxylic acids is 1. The topological polar surface area (TPSA) is 72.9 Å². The number of rotatable bonds is 5. The van der Waals surface area contributed by atoms with Crippen molar-refractivity contribution in [3.63, 3.8) is 0 Å². The maximum atomic E-state index is 12.5. The van der Waals surface area contributed by atoms with Crippen molar-refractivity contribution in [1.29, 1.82) is 0 Å². The third-order valence-electron chi connectivity index (χ3n) is 4.04. The summed E-state index contributed by atoms with van der Waals surface area (Å²) in [6.45, 7) is 0. The second-order valence-electron chi connectivity index (χ2n) is 5.54. The van der Waals surface area contributed by atoms with Crippen LogP contribution in [0.25, 0.3) is 0 Å². The lowest BCUT2D eigenvalue weighted by atomic mass is 10.1. The summed E-state index contributed by atoms with van der Waals surface area (Å²) in [7, 11) is 1.72. The van der Waals surface area contributed by atoms with E-state index < -0.39 is 9.84 Å². The molecule has 1 atom stereocenters. The van der Waals surface area contributed by atoms with Crippen molar-refractivity contribution in [3.8, 4) is 11.5 Å². The van der Waals surface area contributed by atoms with Crippen LogP contribution in [0.3, 0.4) is 0 Å². The fourth-order valence-corrected chi connectivity index (χ4v) is 4.84. The zero-order valence-corrected chi connectivity index (χ0v) is 15.7. The van der Waals surface area contributed by atoms with Crippen LogP contribution < -0.4 is 9.47 Å². The van der Waals surface area contributed by atoms with Crippen LogP contribution in [0.1, 0.15) is 12.0 Å². The molecule has 0 spiro atoms. The van der Waals surface area contributed by atoms with Gasteiger partial charge in [-0.05, 0) is 24.1 Å². The van der Waals surface area contributed by atoms with Crippen LogP contribution in [0.2, 0.25) is 0 Å². The van der Waals surface area contributed by atoms with Gasteiger partial charge in [0.05, 0.1) is 32.1 Å². The molecule has 1 aromatic rings. The number of methoxy groups -OCH3 is 2. The first-order valence-corrected chi connectivity index (χ1v) is 9.75. The number of sulfone groups is 1. The van der Waals surface area contributed by atoms with E-state index in [1.807, 2.05) is 0 Å². The van der Waals surface area contributed by atoms with Crippen LogP contribution in [0.15, 0.2) is 16.6 Å².